The van der Waals surface area contributed by atoms with Gasteiger partial charge < -0.3 is 15.2 Å². The number of aliphatic carboxylic acids is 1. The van der Waals surface area contributed by atoms with Crippen LogP contribution in [-0.4, -0.2) is 33.0 Å². The summed E-state index contributed by atoms with van der Waals surface area (Å²) in [4.78, 5) is 24.2. The van der Waals surface area contributed by atoms with Crippen LogP contribution in [0.5, 0.6) is 0 Å². The Morgan fingerprint density at radius 2 is 1.89 bits per heavy atom. The van der Waals surface area contributed by atoms with Crippen molar-refractivity contribution >= 4 is 29.4 Å². The van der Waals surface area contributed by atoms with Crippen molar-refractivity contribution in [2.24, 2.45) is 13.0 Å². The SMILES string of the molecule is Cc1c(NC(=O)OC(C)c2ccccc2Cl)c(-c2ccc(CNC(CC3CC3)C(=O)O)cc2)nn1C. The number of hydrogen-bond acceptors (Lipinski definition) is 5. The second-order valence-corrected chi connectivity index (χ2v) is 9.68. The Bertz CT molecular complexity index is 1240. The van der Waals surface area contributed by atoms with Crippen LogP contribution in [0, 0.1) is 12.8 Å². The molecular weight excluding hydrogens is 480 g/mol. The molecule has 1 aromatic heterocycles. The molecule has 1 amide bonds. The molecule has 8 nitrogen and oxygen atoms in total. The van der Waals surface area contributed by atoms with Crippen molar-refractivity contribution in [2.75, 3.05) is 5.32 Å². The minimum atomic E-state index is -0.811. The van der Waals surface area contributed by atoms with E-state index in [0.29, 0.717) is 35.3 Å². The molecule has 1 fully saturated rings. The number of nitrogens with one attached hydrogen (secondary N) is 2. The van der Waals surface area contributed by atoms with Crippen molar-refractivity contribution in [3.63, 3.8) is 0 Å². The standard InChI is InChI=1S/C27H31ClN4O4/c1-16-24(30-27(35)36-17(2)21-6-4-5-7-22(21)28)25(31-32(16)3)20-12-10-19(11-13-20)15-29-23(26(33)34)14-18-8-9-18/h4-7,10-13,17-18,23,29H,8-9,14-15H2,1-3H3,(H,30,35)(H,33,34). The second-order valence-electron chi connectivity index (χ2n) is 9.27. The Morgan fingerprint density at radius 3 is 2.53 bits per heavy atom. The molecule has 190 valence electrons. The van der Waals surface area contributed by atoms with Gasteiger partial charge in [0.15, 0.2) is 0 Å². The van der Waals surface area contributed by atoms with E-state index >= 15 is 0 Å². The average Bonchev–Trinajstić information content (AvgIpc) is 3.63. The van der Waals surface area contributed by atoms with Crippen molar-refractivity contribution in [1.29, 1.82) is 0 Å². The minimum Gasteiger partial charge on any atom is -0.480 e. The van der Waals surface area contributed by atoms with Crippen molar-refractivity contribution in [1.82, 2.24) is 15.1 Å². The predicted octanol–water partition coefficient (Wildman–Crippen LogP) is 5.70. The van der Waals surface area contributed by atoms with Gasteiger partial charge in [-0.25, -0.2) is 4.79 Å². The number of amides is 1. The maximum atomic E-state index is 12.7. The molecule has 2 aromatic carbocycles. The Labute approximate surface area is 215 Å². The van der Waals surface area contributed by atoms with Crippen LogP contribution in [0.25, 0.3) is 11.3 Å². The first-order valence-electron chi connectivity index (χ1n) is 12.0. The monoisotopic (exact) mass is 510 g/mol. The first kappa shape index (κ1) is 25.7. The zero-order valence-electron chi connectivity index (χ0n) is 20.6. The first-order valence-corrected chi connectivity index (χ1v) is 12.4. The number of rotatable bonds is 10. The second kappa shape index (κ2) is 11.1. The van der Waals surface area contributed by atoms with Crippen LogP contribution >= 0.6 is 11.6 Å². The summed E-state index contributed by atoms with van der Waals surface area (Å²) in [5.41, 5.74) is 4.48. The number of anilines is 1. The van der Waals surface area contributed by atoms with Crippen molar-refractivity contribution in [3.8, 4) is 11.3 Å². The van der Waals surface area contributed by atoms with Crippen LogP contribution in [0.2, 0.25) is 5.02 Å². The molecule has 36 heavy (non-hydrogen) atoms. The van der Waals surface area contributed by atoms with Gasteiger partial charge in [0.1, 0.15) is 17.8 Å². The fourth-order valence-corrected chi connectivity index (χ4v) is 4.39. The van der Waals surface area contributed by atoms with Crippen LogP contribution < -0.4 is 10.6 Å². The Morgan fingerprint density at radius 1 is 1.19 bits per heavy atom. The quantitative estimate of drug-likeness (QED) is 0.323. The highest BCUT2D eigenvalue weighted by Crippen LogP contribution is 2.34. The molecule has 4 rings (SSSR count). The minimum absolute atomic E-state index is 0.461. The maximum absolute atomic E-state index is 12.7. The summed E-state index contributed by atoms with van der Waals surface area (Å²) in [7, 11) is 1.81. The van der Waals surface area contributed by atoms with Gasteiger partial charge in [-0.15, -0.1) is 0 Å². The molecule has 3 N–H and O–H groups in total. The number of benzene rings is 2. The number of ether oxygens (including phenoxy) is 1. The van der Waals surface area contributed by atoms with Gasteiger partial charge >= 0.3 is 12.1 Å². The van der Waals surface area contributed by atoms with E-state index in [1.54, 1.807) is 17.7 Å². The van der Waals surface area contributed by atoms with Gasteiger partial charge in [-0.2, -0.15) is 5.10 Å². The van der Waals surface area contributed by atoms with Gasteiger partial charge in [0.25, 0.3) is 0 Å². The maximum Gasteiger partial charge on any atom is 0.412 e. The third-order valence-corrected chi connectivity index (χ3v) is 6.88. The largest absolute Gasteiger partial charge is 0.480 e. The van der Waals surface area contributed by atoms with Crippen molar-refractivity contribution in [3.05, 3.63) is 70.4 Å². The van der Waals surface area contributed by atoms with E-state index in [2.05, 4.69) is 15.7 Å². The lowest BCUT2D eigenvalue weighted by Crippen LogP contribution is -2.36. The molecule has 2 unspecified atom stereocenters. The van der Waals surface area contributed by atoms with Crippen molar-refractivity contribution < 1.29 is 19.4 Å². The first-order chi connectivity index (χ1) is 17.2. The lowest BCUT2D eigenvalue weighted by Gasteiger charge is -2.16. The molecule has 3 aromatic rings. The highest BCUT2D eigenvalue weighted by atomic mass is 35.5. The van der Waals surface area contributed by atoms with E-state index in [1.165, 1.54) is 0 Å². The summed E-state index contributed by atoms with van der Waals surface area (Å²) in [6, 6.07) is 14.4. The number of aryl methyl sites for hydroxylation is 1. The molecular formula is C27H31ClN4O4. The van der Waals surface area contributed by atoms with Gasteiger partial charge in [-0.1, -0.05) is 66.9 Å². The molecule has 0 radical (unpaired) electrons. The van der Waals surface area contributed by atoms with Crippen LogP contribution in [-0.2, 0) is 23.1 Å². The fourth-order valence-electron chi connectivity index (χ4n) is 4.10. The topological polar surface area (TPSA) is 105 Å². The van der Waals surface area contributed by atoms with Crippen LogP contribution in [0.15, 0.2) is 48.5 Å². The average molecular weight is 511 g/mol. The highest BCUT2D eigenvalue weighted by Gasteiger charge is 2.28. The summed E-state index contributed by atoms with van der Waals surface area (Å²) >= 11 is 6.23. The fraction of sp³-hybridized carbons (Fsp3) is 0.370. The third-order valence-electron chi connectivity index (χ3n) is 6.53. The van der Waals surface area contributed by atoms with E-state index in [-0.39, 0.29) is 0 Å². The Hall–Kier alpha value is -3.36. The van der Waals surface area contributed by atoms with E-state index in [1.807, 2.05) is 56.4 Å². The lowest BCUT2D eigenvalue weighted by molar-refractivity contribution is -0.139. The van der Waals surface area contributed by atoms with Gasteiger partial charge in [0.05, 0.1) is 11.4 Å². The number of nitrogens with zero attached hydrogens (tertiary/aromatic N) is 2. The van der Waals surface area contributed by atoms with Crippen LogP contribution in [0.3, 0.4) is 0 Å². The number of aromatic nitrogens is 2. The molecule has 1 aliphatic carbocycles. The molecule has 0 spiro atoms. The molecule has 1 saturated carbocycles. The van der Waals surface area contributed by atoms with Gasteiger partial charge in [0, 0.05) is 29.7 Å². The third kappa shape index (κ3) is 6.25. The zero-order valence-corrected chi connectivity index (χ0v) is 21.4. The number of carbonyl (C=O) groups excluding carboxylic acids is 1. The summed E-state index contributed by atoms with van der Waals surface area (Å²) in [6.45, 7) is 4.10. The summed E-state index contributed by atoms with van der Waals surface area (Å²) in [6.07, 6.45) is 1.77. The summed E-state index contributed by atoms with van der Waals surface area (Å²) in [5, 5.41) is 20.6. The molecule has 0 bridgehead atoms. The van der Waals surface area contributed by atoms with E-state index < -0.39 is 24.2 Å². The highest BCUT2D eigenvalue weighted by molar-refractivity contribution is 6.31. The molecule has 0 saturated heterocycles. The lowest BCUT2D eigenvalue weighted by atomic mass is 10.1. The number of halogens is 1. The normalized spacial score (nSPS) is 14.8. The Balaban J connectivity index is 1.43. The van der Waals surface area contributed by atoms with E-state index in [0.717, 1.165) is 35.2 Å². The van der Waals surface area contributed by atoms with E-state index in [4.69, 9.17) is 16.3 Å². The van der Waals surface area contributed by atoms with E-state index in [9.17, 15) is 14.7 Å². The molecule has 1 aliphatic rings. The predicted molar refractivity (Wildman–Crippen MR) is 139 cm³/mol. The van der Waals surface area contributed by atoms with Crippen molar-refractivity contribution in [2.45, 2.75) is 51.8 Å². The number of carbonyl (C=O) groups is 2. The number of hydrogen-bond donors (Lipinski definition) is 3. The van der Waals surface area contributed by atoms with Crippen LogP contribution in [0.4, 0.5) is 10.5 Å². The van der Waals surface area contributed by atoms with Gasteiger partial charge in [-0.05, 0) is 37.8 Å². The van der Waals surface area contributed by atoms with Crippen LogP contribution in [0.1, 0.15) is 49.1 Å². The van der Waals surface area contributed by atoms with Gasteiger partial charge in [-0.3, -0.25) is 14.8 Å². The number of carboxylic acid groups (broad SMARTS) is 1. The molecule has 0 aliphatic heterocycles. The zero-order chi connectivity index (χ0) is 25.8. The number of carboxylic acids is 1. The smallest absolute Gasteiger partial charge is 0.412 e. The summed E-state index contributed by atoms with van der Waals surface area (Å²) in [5.74, 6) is -0.285. The molecule has 2 atom stereocenters. The molecule has 9 heteroatoms. The molecule has 1 heterocycles. The Kier molecular flexibility index (Phi) is 7.96. The summed E-state index contributed by atoms with van der Waals surface area (Å²) < 4.78 is 7.27. The van der Waals surface area contributed by atoms with Gasteiger partial charge in [0.2, 0.25) is 0 Å².